The number of fused-ring (bicyclic) bond motifs is 1. The van der Waals surface area contributed by atoms with E-state index in [1.807, 2.05) is 50.5 Å². The highest BCUT2D eigenvalue weighted by Gasteiger charge is 2.22. The molecule has 0 saturated carbocycles. The lowest BCUT2D eigenvalue weighted by atomic mass is 10.1. The van der Waals surface area contributed by atoms with Crippen molar-refractivity contribution in [2.24, 2.45) is 0 Å². The fourth-order valence-electron chi connectivity index (χ4n) is 2.77. The summed E-state index contributed by atoms with van der Waals surface area (Å²) in [5.74, 6) is 0.0717. The average molecular weight is 308 g/mol. The van der Waals surface area contributed by atoms with E-state index in [0.717, 1.165) is 16.5 Å². The van der Waals surface area contributed by atoms with Gasteiger partial charge in [0.1, 0.15) is 6.04 Å². The Bertz CT molecular complexity index is 798. The maximum atomic E-state index is 12.7. The molecular formula is C18H20N4O. The standard InChI is InChI=1S/C18H20N4O/c1-3-17(22-11-5-10-20-22)18(23)21(2)13-14-7-8-16-15(12-14)6-4-9-19-16/h4-12,17H,3,13H2,1-2H3/t17-/m0/s1. The lowest BCUT2D eigenvalue weighted by Crippen LogP contribution is -2.34. The lowest BCUT2D eigenvalue weighted by Gasteiger charge is -2.23. The van der Waals surface area contributed by atoms with E-state index in [4.69, 9.17) is 0 Å². The molecule has 3 rings (SSSR count). The number of hydrogen-bond acceptors (Lipinski definition) is 3. The molecule has 0 N–H and O–H groups in total. The third-order valence-electron chi connectivity index (χ3n) is 3.98. The van der Waals surface area contributed by atoms with Gasteiger partial charge in [0.25, 0.3) is 0 Å². The fraction of sp³-hybridized carbons (Fsp3) is 0.278. The van der Waals surface area contributed by atoms with Gasteiger partial charge in [0.05, 0.1) is 5.52 Å². The van der Waals surface area contributed by atoms with Gasteiger partial charge in [-0.15, -0.1) is 0 Å². The highest BCUT2D eigenvalue weighted by Crippen LogP contribution is 2.17. The van der Waals surface area contributed by atoms with Crippen LogP contribution in [0.1, 0.15) is 24.9 Å². The fourth-order valence-corrected chi connectivity index (χ4v) is 2.77. The second kappa shape index (κ2) is 6.60. The van der Waals surface area contributed by atoms with Gasteiger partial charge in [0.2, 0.25) is 5.91 Å². The molecule has 0 saturated heterocycles. The molecule has 0 bridgehead atoms. The maximum Gasteiger partial charge on any atom is 0.247 e. The maximum absolute atomic E-state index is 12.7. The minimum Gasteiger partial charge on any atom is -0.340 e. The summed E-state index contributed by atoms with van der Waals surface area (Å²) < 4.78 is 1.73. The van der Waals surface area contributed by atoms with E-state index in [-0.39, 0.29) is 11.9 Å². The van der Waals surface area contributed by atoms with Gasteiger partial charge >= 0.3 is 0 Å². The largest absolute Gasteiger partial charge is 0.340 e. The summed E-state index contributed by atoms with van der Waals surface area (Å²) in [6.45, 7) is 2.57. The molecule has 2 heterocycles. The van der Waals surface area contributed by atoms with Crippen molar-refractivity contribution < 1.29 is 4.79 Å². The van der Waals surface area contributed by atoms with Crippen LogP contribution < -0.4 is 0 Å². The first-order valence-electron chi connectivity index (χ1n) is 7.77. The van der Waals surface area contributed by atoms with Gasteiger partial charge in [0, 0.05) is 37.6 Å². The second-order valence-corrected chi connectivity index (χ2v) is 5.63. The molecule has 23 heavy (non-hydrogen) atoms. The topological polar surface area (TPSA) is 51.0 Å². The van der Waals surface area contributed by atoms with Crippen molar-refractivity contribution in [3.05, 3.63) is 60.6 Å². The van der Waals surface area contributed by atoms with Crippen molar-refractivity contribution in [3.8, 4) is 0 Å². The Morgan fingerprint density at radius 2 is 2.13 bits per heavy atom. The molecule has 118 valence electrons. The number of hydrogen-bond donors (Lipinski definition) is 0. The van der Waals surface area contributed by atoms with E-state index in [0.29, 0.717) is 13.0 Å². The Labute approximate surface area is 135 Å². The minimum absolute atomic E-state index is 0.0717. The van der Waals surface area contributed by atoms with Crippen molar-refractivity contribution in [2.75, 3.05) is 7.05 Å². The van der Waals surface area contributed by atoms with E-state index < -0.39 is 0 Å². The smallest absolute Gasteiger partial charge is 0.247 e. The van der Waals surface area contributed by atoms with Gasteiger partial charge in [-0.1, -0.05) is 19.1 Å². The van der Waals surface area contributed by atoms with E-state index >= 15 is 0 Å². The van der Waals surface area contributed by atoms with Crippen LogP contribution in [-0.4, -0.2) is 32.6 Å². The Kier molecular flexibility index (Phi) is 4.37. The van der Waals surface area contributed by atoms with Gasteiger partial charge in [0.15, 0.2) is 0 Å². The van der Waals surface area contributed by atoms with Crippen LogP contribution in [0.15, 0.2) is 55.0 Å². The zero-order valence-corrected chi connectivity index (χ0v) is 13.4. The Morgan fingerprint density at radius 1 is 1.26 bits per heavy atom. The normalized spacial score (nSPS) is 12.3. The number of amides is 1. The molecule has 1 aromatic carbocycles. The van der Waals surface area contributed by atoms with Gasteiger partial charge in [-0.2, -0.15) is 5.10 Å². The molecule has 5 heteroatoms. The average Bonchev–Trinajstić information content (AvgIpc) is 3.09. The van der Waals surface area contributed by atoms with E-state index in [1.165, 1.54) is 0 Å². The van der Waals surface area contributed by atoms with Crippen LogP contribution in [0, 0.1) is 0 Å². The third kappa shape index (κ3) is 3.23. The molecule has 0 aliphatic heterocycles. The Balaban J connectivity index is 1.76. The van der Waals surface area contributed by atoms with E-state index in [2.05, 4.69) is 16.1 Å². The molecule has 0 spiro atoms. The molecule has 0 unspecified atom stereocenters. The monoisotopic (exact) mass is 308 g/mol. The first-order valence-corrected chi connectivity index (χ1v) is 7.77. The van der Waals surface area contributed by atoms with Crippen LogP contribution in [-0.2, 0) is 11.3 Å². The van der Waals surface area contributed by atoms with Gasteiger partial charge < -0.3 is 4.90 Å². The Morgan fingerprint density at radius 3 is 2.87 bits per heavy atom. The predicted octanol–water partition coefficient (Wildman–Crippen LogP) is 3.04. The van der Waals surface area contributed by atoms with Crippen molar-refractivity contribution >= 4 is 16.8 Å². The van der Waals surface area contributed by atoms with Crippen LogP contribution >= 0.6 is 0 Å². The number of nitrogens with zero attached hydrogens (tertiary/aromatic N) is 4. The van der Waals surface area contributed by atoms with Crippen LogP contribution in [0.25, 0.3) is 10.9 Å². The summed E-state index contributed by atoms with van der Waals surface area (Å²) in [5.41, 5.74) is 2.06. The highest BCUT2D eigenvalue weighted by atomic mass is 16.2. The van der Waals surface area contributed by atoms with Gasteiger partial charge in [-0.25, -0.2) is 0 Å². The Hall–Kier alpha value is -2.69. The minimum atomic E-state index is -0.253. The lowest BCUT2D eigenvalue weighted by molar-refractivity contribution is -0.134. The van der Waals surface area contributed by atoms with E-state index in [9.17, 15) is 4.79 Å². The van der Waals surface area contributed by atoms with Crippen LogP contribution in [0.4, 0.5) is 0 Å². The summed E-state index contributed by atoms with van der Waals surface area (Å²) in [4.78, 5) is 18.8. The second-order valence-electron chi connectivity index (χ2n) is 5.63. The summed E-state index contributed by atoms with van der Waals surface area (Å²) >= 11 is 0. The first-order chi connectivity index (χ1) is 11.2. The number of pyridine rings is 1. The van der Waals surface area contributed by atoms with Crippen molar-refractivity contribution in [1.82, 2.24) is 19.7 Å². The molecule has 0 radical (unpaired) electrons. The number of benzene rings is 1. The van der Waals surface area contributed by atoms with Gasteiger partial charge in [-0.05, 0) is 36.2 Å². The molecule has 0 aliphatic rings. The number of rotatable bonds is 5. The van der Waals surface area contributed by atoms with E-state index in [1.54, 1.807) is 22.0 Å². The molecule has 5 nitrogen and oxygen atoms in total. The van der Waals surface area contributed by atoms with Crippen molar-refractivity contribution in [1.29, 1.82) is 0 Å². The zero-order valence-electron chi connectivity index (χ0n) is 13.4. The molecule has 1 atom stereocenters. The SMILES string of the molecule is CC[C@@H](C(=O)N(C)Cc1ccc2ncccc2c1)n1cccn1. The number of carbonyl (C=O) groups excluding carboxylic acids is 1. The highest BCUT2D eigenvalue weighted by molar-refractivity contribution is 5.81. The molecule has 3 aromatic rings. The quantitative estimate of drug-likeness (QED) is 0.728. The molecule has 0 fully saturated rings. The molecular weight excluding hydrogens is 288 g/mol. The van der Waals surface area contributed by atoms with Crippen LogP contribution in [0.2, 0.25) is 0 Å². The third-order valence-corrected chi connectivity index (χ3v) is 3.98. The first kappa shape index (κ1) is 15.2. The zero-order chi connectivity index (χ0) is 16.2. The molecule has 0 aliphatic carbocycles. The van der Waals surface area contributed by atoms with Crippen molar-refractivity contribution in [3.63, 3.8) is 0 Å². The summed E-state index contributed by atoms with van der Waals surface area (Å²) in [6.07, 6.45) is 6.04. The van der Waals surface area contributed by atoms with Crippen LogP contribution in [0.3, 0.4) is 0 Å². The summed E-state index contributed by atoms with van der Waals surface area (Å²) in [5, 5.41) is 5.29. The van der Waals surface area contributed by atoms with Crippen molar-refractivity contribution in [2.45, 2.75) is 25.9 Å². The predicted molar refractivity (Wildman–Crippen MR) is 89.8 cm³/mol. The van der Waals surface area contributed by atoms with Crippen LogP contribution in [0.5, 0.6) is 0 Å². The number of carbonyl (C=O) groups is 1. The number of aromatic nitrogens is 3. The summed E-state index contributed by atoms with van der Waals surface area (Å²) in [6, 6.07) is 11.6. The summed E-state index contributed by atoms with van der Waals surface area (Å²) in [7, 11) is 1.84. The molecule has 2 aromatic heterocycles. The number of likely N-dealkylation sites (N-methyl/N-ethyl adjacent to an activating group) is 1. The van der Waals surface area contributed by atoms with Gasteiger partial charge in [-0.3, -0.25) is 14.5 Å². The molecule has 1 amide bonds.